The van der Waals surface area contributed by atoms with Crippen molar-refractivity contribution < 1.29 is 0 Å². The van der Waals surface area contributed by atoms with Gasteiger partial charge in [0.05, 0.1) is 5.70 Å². The fraction of sp³-hybridized carbons (Fsp3) is 0.640. The fourth-order valence-corrected chi connectivity index (χ4v) is 5.22. The van der Waals surface area contributed by atoms with Crippen molar-refractivity contribution in [2.45, 2.75) is 84.0 Å². The molecule has 1 saturated heterocycles. The molecule has 0 unspecified atom stereocenters. The molecule has 27 heavy (non-hydrogen) atoms. The van der Waals surface area contributed by atoms with Crippen LogP contribution in [0.15, 0.2) is 23.2 Å². The van der Waals surface area contributed by atoms with E-state index < -0.39 is 0 Å². The Balaban J connectivity index is 1.74. The largest absolute Gasteiger partial charge is 0.317 e. The van der Waals surface area contributed by atoms with E-state index >= 15 is 0 Å². The second-order valence-corrected chi connectivity index (χ2v) is 10.1. The molecule has 1 aliphatic carbocycles. The molecule has 0 bridgehead atoms. The maximum atomic E-state index is 5.17. The van der Waals surface area contributed by atoms with Crippen molar-refractivity contribution in [3.05, 3.63) is 40.5 Å². The first-order valence-corrected chi connectivity index (χ1v) is 11.0. The molecule has 0 saturated carbocycles. The summed E-state index contributed by atoms with van der Waals surface area (Å²) in [6.45, 7) is 14.2. The Labute approximate surface area is 165 Å². The smallest absolute Gasteiger partial charge is 0.0668 e. The van der Waals surface area contributed by atoms with Crippen LogP contribution in [0.2, 0.25) is 0 Å². The van der Waals surface area contributed by atoms with Crippen LogP contribution in [0.3, 0.4) is 0 Å². The average molecular weight is 365 g/mol. The monoisotopic (exact) mass is 364 g/mol. The summed E-state index contributed by atoms with van der Waals surface area (Å²) < 4.78 is 0. The maximum absolute atomic E-state index is 5.17. The lowest BCUT2D eigenvalue weighted by Crippen LogP contribution is -2.34. The molecule has 2 heteroatoms. The van der Waals surface area contributed by atoms with Crippen LogP contribution in [-0.4, -0.2) is 18.8 Å². The van der Waals surface area contributed by atoms with Crippen LogP contribution in [0.4, 0.5) is 0 Å². The first-order valence-electron chi connectivity index (χ1n) is 11.0. The molecule has 0 amide bonds. The minimum atomic E-state index is 0.257. The summed E-state index contributed by atoms with van der Waals surface area (Å²) in [4.78, 5) is 5.17. The molecule has 0 radical (unpaired) electrons. The van der Waals surface area contributed by atoms with Crippen molar-refractivity contribution in [1.29, 1.82) is 0 Å². The molecule has 4 rings (SSSR count). The van der Waals surface area contributed by atoms with Crippen LogP contribution in [0, 0.1) is 5.92 Å². The summed E-state index contributed by atoms with van der Waals surface area (Å²) in [5, 5.41) is 3.48. The van der Waals surface area contributed by atoms with Crippen LogP contribution in [0.1, 0.15) is 89.0 Å². The molecule has 2 aliphatic heterocycles. The summed E-state index contributed by atoms with van der Waals surface area (Å²) in [7, 11) is 0. The molecular weight excluding hydrogens is 328 g/mol. The third-order valence-electron chi connectivity index (χ3n) is 7.31. The van der Waals surface area contributed by atoms with E-state index in [9.17, 15) is 0 Å². The second kappa shape index (κ2) is 6.88. The Hall–Kier alpha value is -1.41. The number of nitrogens with zero attached hydrogens (tertiary/aromatic N) is 1. The lowest BCUT2D eigenvalue weighted by molar-refractivity contribution is 0.331. The van der Waals surface area contributed by atoms with Crippen molar-refractivity contribution in [2.24, 2.45) is 10.9 Å². The Morgan fingerprint density at radius 2 is 1.63 bits per heavy atom. The molecule has 1 fully saturated rings. The Morgan fingerprint density at radius 3 is 2.26 bits per heavy atom. The third-order valence-corrected chi connectivity index (χ3v) is 7.31. The highest BCUT2D eigenvalue weighted by Gasteiger charge is 2.38. The van der Waals surface area contributed by atoms with Gasteiger partial charge in [0.2, 0.25) is 0 Å². The van der Waals surface area contributed by atoms with Gasteiger partial charge in [0, 0.05) is 23.6 Å². The molecule has 3 aliphatic rings. The molecule has 0 atom stereocenters. The standard InChI is InChI=1S/C25H36N2/c1-6-17-15-20-21(25(4,5)12-11-24(20,2)3)16-19(17)23-8-7-22(27-23)18-9-13-26-14-10-18/h8,15-16,18,26H,6-7,9-14H2,1-5H3. The molecule has 1 aromatic rings. The maximum Gasteiger partial charge on any atom is 0.0668 e. The number of piperidine rings is 1. The van der Waals surface area contributed by atoms with Gasteiger partial charge in [0.15, 0.2) is 0 Å². The number of aliphatic imine (C=N–C) groups is 1. The van der Waals surface area contributed by atoms with Crippen LogP contribution in [-0.2, 0) is 17.3 Å². The minimum Gasteiger partial charge on any atom is -0.317 e. The summed E-state index contributed by atoms with van der Waals surface area (Å²) in [6.07, 6.45) is 9.54. The minimum absolute atomic E-state index is 0.257. The molecule has 146 valence electrons. The van der Waals surface area contributed by atoms with Gasteiger partial charge < -0.3 is 5.32 Å². The van der Waals surface area contributed by atoms with Crippen LogP contribution >= 0.6 is 0 Å². The SMILES string of the molecule is CCc1cc2c(cc1C1=CCC(C3CCNCC3)=N1)C(C)(C)CCC2(C)C. The van der Waals surface area contributed by atoms with Crippen molar-refractivity contribution in [3.8, 4) is 0 Å². The summed E-state index contributed by atoms with van der Waals surface area (Å²) in [5.74, 6) is 0.679. The van der Waals surface area contributed by atoms with E-state index in [1.165, 1.54) is 48.2 Å². The van der Waals surface area contributed by atoms with E-state index in [2.05, 4.69) is 58.1 Å². The van der Waals surface area contributed by atoms with E-state index in [1.54, 1.807) is 11.1 Å². The molecular formula is C25H36N2. The second-order valence-electron chi connectivity index (χ2n) is 10.1. The zero-order chi connectivity index (χ0) is 19.2. The lowest BCUT2D eigenvalue weighted by atomic mass is 9.62. The molecule has 2 heterocycles. The van der Waals surface area contributed by atoms with Gasteiger partial charge in [0.1, 0.15) is 0 Å². The third kappa shape index (κ3) is 3.42. The van der Waals surface area contributed by atoms with Gasteiger partial charge in [-0.3, -0.25) is 4.99 Å². The van der Waals surface area contributed by atoms with Crippen molar-refractivity contribution in [1.82, 2.24) is 5.32 Å². The zero-order valence-corrected chi connectivity index (χ0v) is 17.9. The van der Waals surface area contributed by atoms with E-state index in [4.69, 9.17) is 4.99 Å². The number of hydrogen-bond acceptors (Lipinski definition) is 2. The predicted molar refractivity (Wildman–Crippen MR) is 117 cm³/mol. The topological polar surface area (TPSA) is 24.4 Å². The fourth-order valence-electron chi connectivity index (χ4n) is 5.22. The zero-order valence-electron chi connectivity index (χ0n) is 17.9. The first-order chi connectivity index (χ1) is 12.8. The quantitative estimate of drug-likeness (QED) is 0.722. The van der Waals surface area contributed by atoms with E-state index in [0.717, 1.165) is 25.9 Å². The van der Waals surface area contributed by atoms with Gasteiger partial charge in [-0.2, -0.15) is 0 Å². The van der Waals surface area contributed by atoms with E-state index in [-0.39, 0.29) is 10.8 Å². The molecule has 0 aromatic heterocycles. The number of benzene rings is 1. The normalized spacial score (nSPS) is 24.3. The molecule has 1 N–H and O–H groups in total. The molecule has 2 nitrogen and oxygen atoms in total. The van der Waals surface area contributed by atoms with E-state index in [0.29, 0.717) is 5.92 Å². The summed E-state index contributed by atoms with van der Waals surface area (Å²) >= 11 is 0. The van der Waals surface area contributed by atoms with Crippen LogP contribution in [0.25, 0.3) is 5.70 Å². The summed E-state index contributed by atoms with van der Waals surface area (Å²) in [6, 6.07) is 5.03. The number of nitrogens with one attached hydrogen (secondary N) is 1. The number of fused-ring (bicyclic) bond motifs is 1. The van der Waals surface area contributed by atoms with Crippen molar-refractivity contribution in [2.75, 3.05) is 13.1 Å². The van der Waals surface area contributed by atoms with Crippen molar-refractivity contribution >= 4 is 11.4 Å². The molecule has 0 spiro atoms. The predicted octanol–water partition coefficient (Wildman–Crippen LogP) is 5.78. The number of hydrogen-bond donors (Lipinski definition) is 1. The van der Waals surface area contributed by atoms with Gasteiger partial charge in [-0.1, -0.05) is 46.8 Å². The van der Waals surface area contributed by atoms with E-state index in [1.807, 2.05) is 0 Å². The Morgan fingerprint density at radius 1 is 1.00 bits per heavy atom. The lowest BCUT2D eigenvalue weighted by Gasteiger charge is -2.42. The van der Waals surface area contributed by atoms with Gasteiger partial charge in [-0.25, -0.2) is 0 Å². The molecule has 1 aromatic carbocycles. The van der Waals surface area contributed by atoms with Gasteiger partial charge in [0.25, 0.3) is 0 Å². The number of rotatable bonds is 3. The van der Waals surface area contributed by atoms with Crippen LogP contribution < -0.4 is 5.32 Å². The van der Waals surface area contributed by atoms with Crippen LogP contribution in [0.5, 0.6) is 0 Å². The first kappa shape index (κ1) is 18.9. The highest BCUT2D eigenvalue weighted by Crippen LogP contribution is 2.47. The number of aryl methyl sites for hydroxylation is 1. The highest BCUT2D eigenvalue weighted by atomic mass is 14.9. The van der Waals surface area contributed by atoms with Gasteiger partial charge in [-0.15, -0.1) is 0 Å². The average Bonchev–Trinajstić information content (AvgIpc) is 3.15. The summed E-state index contributed by atoms with van der Waals surface area (Å²) in [5.41, 5.74) is 9.19. The van der Waals surface area contributed by atoms with Gasteiger partial charge >= 0.3 is 0 Å². The highest BCUT2D eigenvalue weighted by molar-refractivity contribution is 5.97. The van der Waals surface area contributed by atoms with Gasteiger partial charge in [-0.05, 0) is 78.8 Å². The Bertz CT molecular complexity index is 789. The Kier molecular flexibility index (Phi) is 4.83. The number of allylic oxidation sites excluding steroid dienone is 1. The van der Waals surface area contributed by atoms with Crippen molar-refractivity contribution in [3.63, 3.8) is 0 Å².